The summed E-state index contributed by atoms with van der Waals surface area (Å²) >= 11 is 0. The zero-order valence-electron chi connectivity index (χ0n) is 13.9. The van der Waals surface area contributed by atoms with Crippen LogP contribution in [0.1, 0.15) is 19.4 Å². The molecule has 0 aliphatic heterocycles. The molecule has 0 bridgehead atoms. The van der Waals surface area contributed by atoms with Gasteiger partial charge >= 0.3 is 0 Å². The topological polar surface area (TPSA) is 54.9 Å². The molecule has 0 aliphatic carbocycles. The number of hydrogen-bond donors (Lipinski definition) is 2. The molecule has 0 fully saturated rings. The summed E-state index contributed by atoms with van der Waals surface area (Å²) in [5, 5.41) is 6.41. The van der Waals surface area contributed by atoms with Crippen LogP contribution in [0.4, 0.5) is 0 Å². The molecule has 1 rings (SSSR count). The molecule has 0 saturated carbocycles. The molecule has 0 amide bonds. The number of nitrogens with zero attached hydrogens (tertiary/aromatic N) is 1. The number of aliphatic imine (C=N–C) groups is 1. The van der Waals surface area contributed by atoms with E-state index in [0.717, 1.165) is 24.8 Å². The van der Waals surface area contributed by atoms with Gasteiger partial charge in [0.15, 0.2) is 5.96 Å². The number of aryl methyl sites for hydroxylation is 1. The van der Waals surface area contributed by atoms with E-state index >= 15 is 0 Å². The van der Waals surface area contributed by atoms with Gasteiger partial charge in [0.2, 0.25) is 0 Å². The smallest absolute Gasteiger partial charge is 0.191 e. The third-order valence-electron chi connectivity index (χ3n) is 2.78. The number of hydrogen-bond acceptors (Lipinski definition) is 3. The Morgan fingerprint density at radius 1 is 1.32 bits per heavy atom. The van der Waals surface area contributed by atoms with Gasteiger partial charge in [-0.15, -0.1) is 24.0 Å². The van der Waals surface area contributed by atoms with E-state index < -0.39 is 0 Å². The zero-order chi connectivity index (χ0) is 15.5. The second kappa shape index (κ2) is 12.5. The van der Waals surface area contributed by atoms with Crippen LogP contribution in [0.2, 0.25) is 0 Å². The molecule has 0 spiro atoms. The molecule has 2 N–H and O–H groups in total. The lowest BCUT2D eigenvalue weighted by molar-refractivity contribution is 0.203. The van der Waals surface area contributed by atoms with Gasteiger partial charge in [0.1, 0.15) is 11.9 Å². The fourth-order valence-corrected chi connectivity index (χ4v) is 1.79. The molecule has 0 heterocycles. The first kappa shape index (κ1) is 21.0. The van der Waals surface area contributed by atoms with E-state index in [1.807, 2.05) is 32.0 Å². The summed E-state index contributed by atoms with van der Waals surface area (Å²) in [6.45, 7) is 8.92. The first-order valence-electron chi connectivity index (χ1n) is 7.40. The molecule has 1 unspecified atom stereocenters. The average molecular weight is 421 g/mol. The molecule has 0 aromatic heterocycles. The molecule has 0 saturated heterocycles. The van der Waals surface area contributed by atoms with Crippen LogP contribution < -0.4 is 15.4 Å². The van der Waals surface area contributed by atoms with E-state index in [1.54, 1.807) is 7.11 Å². The quantitative estimate of drug-likeness (QED) is 0.293. The number of halogens is 1. The Hall–Kier alpha value is -1.02. The number of nitrogens with one attached hydrogen (secondary N) is 2. The molecule has 22 heavy (non-hydrogen) atoms. The van der Waals surface area contributed by atoms with Crippen LogP contribution in [0.15, 0.2) is 29.3 Å². The van der Waals surface area contributed by atoms with E-state index in [0.29, 0.717) is 13.2 Å². The van der Waals surface area contributed by atoms with Crippen molar-refractivity contribution in [3.05, 3.63) is 29.8 Å². The third kappa shape index (κ3) is 9.09. The fraction of sp³-hybridized carbons (Fsp3) is 0.562. The van der Waals surface area contributed by atoms with Crippen molar-refractivity contribution in [1.29, 1.82) is 0 Å². The normalized spacial score (nSPS) is 12.3. The maximum absolute atomic E-state index is 5.86. The average Bonchev–Trinajstić information content (AvgIpc) is 2.45. The monoisotopic (exact) mass is 421 g/mol. The molecule has 6 heteroatoms. The van der Waals surface area contributed by atoms with E-state index in [4.69, 9.17) is 9.47 Å². The van der Waals surface area contributed by atoms with E-state index in [2.05, 4.69) is 28.6 Å². The second-order valence-corrected chi connectivity index (χ2v) is 4.88. The molecule has 1 aromatic carbocycles. The number of benzene rings is 1. The molecule has 5 nitrogen and oxygen atoms in total. The minimum absolute atomic E-state index is 0. The van der Waals surface area contributed by atoms with Crippen molar-refractivity contribution in [2.75, 3.05) is 33.4 Å². The Balaban J connectivity index is 0.00000441. The van der Waals surface area contributed by atoms with E-state index in [9.17, 15) is 0 Å². The van der Waals surface area contributed by atoms with Crippen LogP contribution in [-0.4, -0.2) is 45.4 Å². The first-order chi connectivity index (χ1) is 10.2. The maximum atomic E-state index is 5.86. The third-order valence-corrected chi connectivity index (χ3v) is 2.78. The first-order valence-corrected chi connectivity index (χ1v) is 7.40. The van der Waals surface area contributed by atoms with Crippen LogP contribution in [-0.2, 0) is 4.74 Å². The SMILES string of the molecule is CCNC(=NCC(C)Oc1cccc(C)c1)NCCOC.I. The second-order valence-electron chi connectivity index (χ2n) is 4.88. The van der Waals surface area contributed by atoms with Gasteiger partial charge < -0.3 is 20.1 Å². The van der Waals surface area contributed by atoms with Gasteiger partial charge in [0, 0.05) is 20.2 Å². The van der Waals surface area contributed by atoms with Gasteiger partial charge in [-0.25, -0.2) is 4.99 Å². The predicted octanol–water partition coefficient (Wildman–Crippen LogP) is 2.58. The number of ether oxygens (including phenoxy) is 2. The summed E-state index contributed by atoms with van der Waals surface area (Å²) in [5.74, 6) is 1.67. The lowest BCUT2D eigenvalue weighted by atomic mass is 10.2. The minimum atomic E-state index is 0. The van der Waals surface area contributed by atoms with Crippen molar-refractivity contribution in [3.63, 3.8) is 0 Å². The predicted molar refractivity (Wildman–Crippen MR) is 103 cm³/mol. The Kier molecular flexibility index (Phi) is 11.9. The van der Waals surface area contributed by atoms with Gasteiger partial charge in [-0.3, -0.25) is 0 Å². The van der Waals surface area contributed by atoms with Crippen molar-refractivity contribution >= 4 is 29.9 Å². The van der Waals surface area contributed by atoms with Crippen LogP contribution in [0, 0.1) is 6.92 Å². The van der Waals surface area contributed by atoms with Gasteiger partial charge in [0.05, 0.1) is 13.2 Å². The highest BCUT2D eigenvalue weighted by molar-refractivity contribution is 14.0. The Bertz CT molecular complexity index is 441. The van der Waals surface area contributed by atoms with Crippen molar-refractivity contribution in [2.24, 2.45) is 4.99 Å². The zero-order valence-corrected chi connectivity index (χ0v) is 16.2. The Morgan fingerprint density at radius 3 is 2.73 bits per heavy atom. The van der Waals surface area contributed by atoms with Crippen LogP contribution in [0.5, 0.6) is 5.75 Å². The van der Waals surface area contributed by atoms with Crippen molar-refractivity contribution in [2.45, 2.75) is 26.9 Å². The van der Waals surface area contributed by atoms with Gasteiger partial charge in [-0.2, -0.15) is 0 Å². The van der Waals surface area contributed by atoms with Crippen molar-refractivity contribution in [1.82, 2.24) is 10.6 Å². The highest BCUT2D eigenvalue weighted by Crippen LogP contribution is 2.14. The summed E-state index contributed by atoms with van der Waals surface area (Å²) in [7, 11) is 1.68. The molecular formula is C16H28IN3O2. The summed E-state index contributed by atoms with van der Waals surface area (Å²) in [4.78, 5) is 4.52. The van der Waals surface area contributed by atoms with E-state index in [1.165, 1.54) is 5.56 Å². The molecular weight excluding hydrogens is 393 g/mol. The standard InChI is InChI=1S/C16H27N3O2.HI/c1-5-17-16(18-9-10-20-4)19-12-14(3)21-15-8-6-7-13(2)11-15;/h6-8,11,14H,5,9-10,12H2,1-4H3,(H2,17,18,19);1H. The Labute approximate surface area is 150 Å². The van der Waals surface area contributed by atoms with Crippen molar-refractivity contribution in [3.8, 4) is 5.75 Å². The summed E-state index contributed by atoms with van der Waals surface area (Å²) < 4.78 is 10.9. The highest BCUT2D eigenvalue weighted by Gasteiger charge is 2.04. The van der Waals surface area contributed by atoms with Gasteiger partial charge in [-0.05, 0) is 38.5 Å². The Morgan fingerprint density at radius 2 is 2.09 bits per heavy atom. The van der Waals surface area contributed by atoms with Gasteiger partial charge in [-0.1, -0.05) is 12.1 Å². The number of rotatable bonds is 8. The largest absolute Gasteiger partial charge is 0.489 e. The van der Waals surface area contributed by atoms with Crippen molar-refractivity contribution < 1.29 is 9.47 Å². The lowest BCUT2D eigenvalue weighted by Gasteiger charge is -2.15. The van der Waals surface area contributed by atoms with E-state index in [-0.39, 0.29) is 30.1 Å². The molecule has 126 valence electrons. The fourth-order valence-electron chi connectivity index (χ4n) is 1.79. The maximum Gasteiger partial charge on any atom is 0.191 e. The molecule has 0 radical (unpaired) electrons. The minimum Gasteiger partial charge on any atom is -0.489 e. The summed E-state index contributed by atoms with van der Waals surface area (Å²) in [6, 6.07) is 8.05. The van der Waals surface area contributed by atoms with Crippen LogP contribution in [0.3, 0.4) is 0 Å². The highest BCUT2D eigenvalue weighted by atomic mass is 127. The molecule has 1 atom stereocenters. The van der Waals surface area contributed by atoms with Crippen LogP contribution in [0.25, 0.3) is 0 Å². The number of guanidine groups is 1. The lowest BCUT2D eigenvalue weighted by Crippen LogP contribution is -2.39. The van der Waals surface area contributed by atoms with Crippen LogP contribution >= 0.6 is 24.0 Å². The summed E-state index contributed by atoms with van der Waals surface area (Å²) in [5.41, 5.74) is 1.19. The number of methoxy groups -OCH3 is 1. The molecule has 1 aromatic rings. The van der Waals surface area contributed by atoms with Gasteiger partial charge in [0.25, 0.3) is 0 Å². The molecule has 0 aliphatic rings. The summed E-state index contributed by atoms with van der Waals surface area (Å²) in [6.07, 6.45) is 0.0182.